The van der Waals surface area contributed by atoms with Crippen LogP contribution < -0.4 is 4.72 Å². The Morgan fingerprint density at radius 1 is 1.44 bits per heavy atom. The molecule has 1 aromatic rings. The van der Waals surface area contributed by atoms with Crippen molar-refractivity contribution < 1.29 is 13.5 Å². The fourth-order valence-electron chi connectivity index (χ4n) is 1.92. The summed E-state index contributed by atoms with van der Waals surface area (Å²) in [6.07, 6.45) is -0.0128. The number of aliphatic hydroxyl groups excluding tert-OH is 1. The lowest BCUT2D eigenvalue weighted by Gasteiger charge is -2.08. The largest absolute Gasteiger partial charge is 0.392 e. The normalized spacial score (nSPS) is 24.8. The van der Waals surface area contributed by atoms with Crippen molar-refractivity contribution in [1.82, 2.24) is 4.72 Å². The smallest absolute Gasteiger partial charge is 0.215 e. The standard InChI is InChI=1S/C12H16BrNO3S/c1-8(15)7-14-18(16,17)12-6-11(12)9-2-4-10(13)5-3-9/h2-5,8,11-12,14-15H,6-7H2,1H3/t8-,11+,12-/m1/s1. The second-order valence-electron chi connectivity index (χ2n) is 4.67. The van der Waals surface area contributed by atoms with E-state index in [1.807, 2.05) is 24.3 Å². The SMILES string of the molecule is C[C@@H](O)CNS(=O)(=O)[C@@H]1C[C@H]1c1ccc(Br)cc1. The van der Waals surface area contributed by atoms with Gasteiger partial charge in [0.15, 0.2) is 0 Å². The molecule has 0 unspecified atom stereocenters. The van der Waals surface area contributed by atoms with Crippen molar-refractivity contribution in [3.63, 3.8) is 0 Å². The van der Waals surface area contributed by atoms with Gasteiger partial charge in [-0.1, -0.05) is 28.1 Å². The monoisotopic (exact) mass is 333 g/mol. The van der Waals surface area contributed by atoms with Crippen molar-refractivity contribution in [2.75, 3.05) is 6.54 Å². The summed E-state index contributed by atoms with van der Waals surface area (Å²) in [5.74, 6) is 0.0737. The maximum atomic E-state index is 11.9. The van der Waals surface area contributed by atoms with Crippen LogP contribution >= 0.6 is 15.9 Å². The van der Waals surface area contributed by atoms with Crippen LogP contribution in [0.1, 0.15) is 24.8 Å². The molecule has 0 aromatic heterocycles. The number of nitrogens with one attached hydrogen (secondary N) is 1. The minimum absolute atomic E-state index is 0.0737. The first-order chi connectivity index (χ1) is 8.40. The third kappa shape index (κ3) is 3.32. The zero-order chi connectivity index (χ0) is 13.3. The Labute approximate surface area is 116 Å². The number of benzene rings is 1. The summed E-state index contributed by atoms with van der Waals surface area (Å²) in [4.78, 5) is 0. The molecule has 0 radical (unpaired) electrons. The van der Waals surface area contributed by atoms with Crippen LogP contribution in [0.3, 0.4) is 0 Å². The Morgan fingerprint density at radius 3 is 2.61 bits per heavy atom. The number of hydrogen-bond donors (Lipinski definition) is 2. The van der Waals surface area contributed by atoms with E-state index in [-0.39, 0.29) is 17.7 Å². The summed E-state index contributed by atoms with van der Waals surface area (Å²) in [5, 5.41) is 8.74. The zero-order valence-electron chi connectivity index (χ0n) is 10.0. The van der Waals surface area contributed by atoms with Crippen LogP contribution in [0.5, 0.6) is 0 Å². The molecule has 100 valence electrons. The highest BCUT2D eigenvalue weighted by Gasteiger charge is 2.47. The average Bonchev–Trinajstić information content (AvgIpc) is 3.08. The van der Waals surface area contributed by atoms with Crippen molar-refractivity contribution in [3.8, 4) is 0 Å². The van der Waals surface area contributed by atoms with E-state index in [4.69, 9.17) is 5.11 Å². The van der Waals surface area contributed by atoms with E-state index in [9.17, 15) is 8.42 Å². The van der Waals surface area contributed by atoms with E-state index < -0.39 is 16.1 Å². The van der Waals surface area contributed by atoms with E-state index in [1.165, 1.54) is 0 Å². The van der Waals surface area contributed by atoms with Gasteiger partial charge in [0.25, 0.3) is 0 Å². The van der Waals surface area contributed by atoms with Crippen LogP contribution in [0.4, 0.5) is 0 Å². The minimum atomic E-state index is -3.31. The lowest BCUT2D eigenvalue weighted by atomic mass is 10.1. The molecular weight excluding hydrogens is 318 g/mol. The van der Waals surface area contributed by atoms with Crippen molar-refractivity contribution >= 4 is 26.0 Å². The molecule has 6 heteroatoms. The molecule has 1 aliphatic rings. The Morgan fingerprint density at radius 2 is 2.06 bits per heavy atom. The van der Waals surface area contributed by atoms with E-state index in [0.29, 0.717) is 6.42 Å². The van der Waals surface area contributed by atoms with Crippen molar-refractivity contribution in [2.24, 2.45) is 0 Å². The molecule has 1 aliphatic carbocycles. The molecule has 0 spiro atoms. The Balaban J connectivity index is 2.00. The van der Waals surface area contributed by atoms with Crippen molar-refractivity contribution in [3.05, 3.63) is 34.3 Å². The summed E-state index contributed by atoms with van der Waals surface area (Å²) < 4.78 is 27.3. The third-order valence-corrected chi connectivity index (χ3v) is 5.42. The van der Waals surface area contributed by atoms with Crippen LogP contribution in [-0.2, 0) is 10.0 Å². The average molecular weight is 334 g/mol. The number of sulfonamides is 1. The lowest BCUT2D eigenvalue weighted by Crippen LogP contribution is -2.33. The van der Waals surface area contributed by atoms with Crippen LogP contribution in [0.25, 0.3) is 0 Å². The van der Waals surface area contributed by atoms with Crippen molar-refractivity contribution in [2.45, 2.75) is 30.6 Å². The Bertz CT molecular complexity index is 513. The van der Waals surface area contributed by atoms with Gasteiger partial charge in [-0.2, -0.15) is 0 Å². The maximum absolute atomic E-state index is 11.9. The summed E-state index contributed by atoms with van der Waals surface area (Å²) in [5.41, 5.74) is 1.05. The third-order valence-electron chi connectivity index (χ3n) is 3.01. The topological polar surface area (TPSA) is 66.4 Å². The van der Waals surface area contributed by atoms with E-state index in [0.717, 1.165) is 10.0 Å². The van der Waals surface area contributed by atoms with Crippen LogP contribution in [0.2, 0.25) is 0 Å². The summed E-state index contributed by atoms with van der Waals surface area (Å²) in [6.45, 7) is 1.63. The van der Waals surface area contributed by atoms with E-state index in [2.05, 4.69) is 20.7 Å². The number of hydrogen-bond acceptors (Lipinski definition) is 3. The quantitative estimate of drug-likeness (QED) is 0.860. The van der Waals surface area contributed by atoms with E-state index in [1.54, 1.807) is 6.92 Å². The molecule has 4 nitrogen and oxygen atoms in total. The highest BCUT2D eigenvalue weighted by atomic mass is 79.9. The molecule has 2 rings (SSSR count). The van der Waals surface area contributed by atoms with Gasteiger partial charge in [0.2, 0.25) is 10.0 Å². The molecule has 0 bridgehead atoms. The van der Waals surface area contributed by atoms with Gasteiger partial charge >= 0.3 is 0 Å². The fraction of sp³-hybridized carbons (Fsp3) is 0.500. The Kier molecular flexibility index (Phi) is 4.11. The molecule has 18 heavy (non-hydrogen) atoms. The first-order valence-corrected chi connectivity index (χ1v) is 8.16. The highest BCUT2D eigenvalue weighted by Crippen LogP contribution is 2.45. The highest BCUT2D eigenvalue weighted by molar-refractivity contribution is 9.10. The van der Waals surface area contributed by atoms with Crippen LogP contribution in [0, 0.1) is 0 Å². The summed E-state index contributed by atoms with van der Waals surface area (Å²) >= 11 is 3.35. The molecular formula is C12H16BrNO3S. The molecule has 0 heterocycles. The van der Waals surface area contributed by atoms with Gasteiger partial charge in [-0.15, -0.1) is 0 Å². The summed E-state index contributed by atoms with van der Waals surface area (Å²) in [6, 6.07) is 7.72. The van der Waals surface area contributed by atoms with Gasteiger partial charge in [-0.3, -0.25) is 0 Å². The van der Waals surface area contributed by atoms with Gasteiger partial charge in [0.1, 0.15) is 0 Å². The maximum Gasteiger partial charge on any atom is 0.215 e. The first kappa shape index (κ1) is 14.0. The minimum Gasteiger partial charge on any atom is -0.392 e. The van der Waals surface area contributed by atoms with E-state index >= 15 is 0 Å². The van der Waals surface area contributed by atoms with Gasteiger partial charge in [-0.05, 0) is 31.0 Å². The first-order valence-electron chi connectivity index (χ1n) is 5.82. The molecule has 1 aromatic carbocycles. The van der Waals surface area contributed by atoms with Crippen LogP contribution in [-0.4, -0.2) is 31.4 Å². The number of aliphatic hydroxyl groups is 1. The lowest BCUT2D eigenvalue weighted by molar-refractivity contribution is 0.198. The van der Waals surface area contributed by atoms with Crippen LogP contribution in [0.15, 0.2) is 28.7 Å². The second-order valence-corrected chi connectivity index (χ2v) is 7.57. The van der Waals surface area contributed by atoms with Gasteiger partial charge in [0.05, 0.1) is 11.4 Å². The van der Waals surface area contributed by atoms with Gasteiger partial charge < -0.3 is 5.11 Å². The predicted octanol–water partition coefficient (Wildman–Crippen LogP) is 1.61. The second kappa shape index (κ2) is 5.28. The molecule has 1 saturated carbocycles. The fourth-order valence-corrected chi connectivity index (χ4v) is 3.92. The van der Waals surface area contributed by atoms with Gasteiger partial charge in [0, 0.05) is 16.9 Å². The predicted molar refractivity (Wildman–Crippen MR) is 73.9 cm³/mol. The number of rotatable bonds is 5. The van der Waals surface area contributed by atoms with Crippen molar-refractivity contribution in [1.29, 1.82) is 0 Å². The number of halogens is 1. The molecule has 0 amide bonds. The van der Waals surface area contributed by atoms with Gasteiger partial charge in [-0.25, -0.2) is 13.1 Å². The molecule has 2 N–H and O–H groups in total. The molecule has 0 aliphatic heterocycles. The molecule has 0 saturated heterocycles. The Hall–Kier alpha value is -0.430. The zero-order valence-corrected chi connectivity index (χ0v) is 12.4. The summed E-state index contributed by atoms with van der Waals surface area (Å²) in [7, 11) is -3.31. The molecule has 1 fully saturated rings. The molecule has 3 atom stereocenters.